The lowest BCUT2D eigenvalue weighted by atomic mass is 10.3. The molecule has 0 bridgehead atoms. The van der Waals surface area contributed by atoms with E-state index < -0.39 is 11.2 Å². The van der Waals surface area contributed by atoms with E-state index >= 15 is 0 Å². The van der Waals surface area contributed by atoms with E-state index in [9.17, 15) is 9.59 Å². The Morgan fingerprint density at radius 1 is 1.32 bits per heavy atom. The summed E-state index contributed by atoms with van der Waals surface area (Å²) in [5, 5.41) is 0.259. The average molecular weight is 275 g/mol. The maximum Gasteiger partial charge on any atom is 0.330 e. The first-order chi connectivity index (χ1) is 9.15. The number of anilines is 1. The SMILES string of the molecule is Nc1nc2c(s1)c(=O)[nH]c(=O)n2Cc1ccncc1. The lowest BCUT2D eigenvalue weighted by Gasteiger charge is -2.05. The number of nitrogens with zero attached hydrogens (tertiary/aromatic N) is 3. The van der Waals surface area contributed by atoms with Gasteiger partial charge in [0.15, 0.2) is 10.8 Å². The number of rotatable bonds is 2. The zero-order valence-electron chi connectivity index (χ0n) is 9.66. The van der Waals surface area contributed by atoms with E-state index in [-0.39, 0.29) is 5.13 Å². The molecule has 96 valence electrons. The molecule has 0 aliphatic carbocycles. The molecule has 3 aromatic heterocycles. The van der Waals surface area contributed by atoms with Crippen LogP contribution in [0.3, 0.4) is 0 Å². The molecular formula is C11H9N5O2S. The van der Waals surface area contributed by atoms with Gasteiger partial charge in [-0.25, -0.2) is 9.78 Å². The molecular weight excluding hydrogens is 266 g/mol. The van der Waals surface area contributed by atoms with Crippen LogP contribution in [0.5, 0.6) is 0 Å². The number of nitrogen functional groups attached to an aromatic ring is 1. The molecule has 0 saturated heterocycles. The molecule has 0 amide bonds. The zero-order valence-corrected chi connectivity index (χ0v) is 10.5. The predicted octanol–water partition coefficient (Wildman–Crippen LogP) is 0.172. The lowest BCUT2D eigenvalue weighted by Crippen LogP contribution is -2.30. The molecule has 0 unspecified atom stereocenters. The van der Waals surface area contributed by atoms with Crippen LogP contribution in [0.2, 0.25) is 0 Å². The van der Waals surface area contributed by atoms with E-state index in [0.29, 0.717) is 16.9 Å². The topological polar surface area (TPSA) is 107 Å². The Labute approximate surface area is 110 Å². The molecule has 3 heterocycles. The number of nitrogens with two attached hydrogens (primary N) is 1. The highest BCUT2D eigenvalue weighted by molar-refractivity contribution is 7.21. The Morgan fingerprint density at radius 2 is 2.05 bits per heavy atom. The van der Waals surface area contributed by atoms with Gasteiger partial charge < -0.3 is 5.73 Å². The molecule has 3 N–H and O–H groups in total. The van der Waals surface area contributed by atoms with Gasteiger partial charge in [-0.15, -0.1) is 0 Å². The van der Waals surface area contributed by atoms with Crippen molar-refractivity contribution in [1.82, 2.24) is 19.5 Å². The molecule has 0 aliphatic heterocycles. The smallest absolute Gasteiger partial charge is 0.330 e. The van der Waals surface area contributed by atoms with Crippen LogP contribution < -0.4 is 17.0 Å². The molecule has 19 heavy (non-hydrogen) atoms. The molecule has 0 fully saturated rings. The Kier molecular flexibility index (Phi) is 2.64. The number of thiazole rings is 1. The first-order valence-electron chi connectivity index (χ1n) is 5.43. The van der Waals surface area contributed by atoms with Crippen molar-refractivity contribution in [2.75, 3.05) is 5.73 Å². The van der Waals surface area contributed by atoms with Crippen LogP contribution in [0.1, 0.15) is 5.56 Å². The van der Waals surface area contributed by atoms with Gasteiger partial charge in [0, 0.05) is 12.4 Å². The first-order valence-corrected chi connectivity index (χ1v) is 6.25. The highest BCUT2D eigenvalue weighted by Crippen LogP contribution is 2.19. The summed E-state index contributed by atoms with van der Waals surface area (Å²) in [6.07, 6.45) is 3.28. The molecule has 0 aliphatic rings. The highest BCUT2D eigenvalue weighted by Gasteiger charge is 2.12. The summed E-state index contributed by atoms with van der Waals surface area (Å²) in [6, 6.07) is 3.58. The summed E-state index contributed by atoms with van der Waals surface area (Å²) in [6.45, 7) is 0.303. The normalized spacial score (nSPS) is 10.9. The number of nitrogens with one attached hydrogen (secondary N) is 1. The van der Waals surface area contributed by atoms with Gasteiger partial charge in [-0.05, 0) is 17.7 Å². The Balaban J connectivity index is 2.23. The third-order valence-corrected chi connectivity index (χ3v) is 3.52. The number of pyridine rings is 1. The van der Waals surface area contributed by atoms with Crippen molar-refractivity contribution in [3.63, 3.8) is 0 Å². The van der Waals surface area contributed by atoms with Gasteiger partial charge in [0.05, 0.1) is 6.54 Å². The lowest BCUT2D eigenvalue weighted by molar-refractivity contribution is 0.748. The van der Waals surface area contributed by atoms with Crippen molar-refractivity contribution in [3.05, 3.63) is 50.9 Å². The summed E-state index contributed by atoms with van der Waals surface area (Å²) in [4.78, 5) is 33.8. The van der Waals surface area contributed by atoms with Gasteiger partial charge >= 0.3 is 5.69 Å². The van der Waals surface area contributed by atoms with Crippen LogP contribution in [-0.4, -0.2) is 19.5 Å². The monoisotopic (exact) mass is 275 g/mol. The fraction of sp³-hybridized carbons (Fsp3) is 0.0909. The maximum atomic E-state index is 11.9. The van der Waals surface area contributed by atoms with Crippen molar-refractivity contribution in [3.8, 4) is 0 Å². The number of hydrogen-bond donors (Lipinski definition) is 2. The van der Waals surface area contributed by atoms with E-state index in [1.165, 1.54) is 4.57 Å². The van der Waals surface area contributed by atoms with Crippen LogP contribution in [0, 0.1) is 0 Å². The number of hydrogen-bond acceptors (Lipinski definition) is 6. The molecule has 0 spiro atoms. The molecule has 3 aromatic rings. The van der Waals surface area contributed by atoms with Crippen LogP contribution in [-0.2, 0) is 6.54 Å². The fourth-order valence-electron chi connectivity index (χ4n) is 1.79. The average Bonchev–Trinajstić information content (AvgIpc) is 2.78. The van der Waals surface area contributed by atoms with Crippen molar-refractivity contribution >= 4 is 26.8 Å². The fourth-order valence-corrected chi connectivity index (χ4v) is 2.53. The van der Waals surface area contributed by atoms with Crippen molar-refractivity contribution in [2.24, 2.45) is 0 Å². The summed E-state index contributed by atoms with van der Waals surface area (Å²) >= 11 is 1.06. The molecule has 0 atom stereocenters. The highest BCUT2D eigenvalue weighted by atomic mass is 32.1. The van der Waals surface area contributed by atoms with Crippen LogP contribution >= 0.6 is 11.3 Å². The molecule has 0 radical (unpaired) electrons. The number of fused-ring (bicyclic) bond motifs is 1. The van der Waals surface area contributed by atoms with Gasteiger partial charge in [0.2, 0.25) is 0 Å². The van der Waals surface area contributed by atoms with E-state index in [1.807, 2.05) is 0 Å². The molecule has 7 nitrogen and oxygen atoms in total. The second-order valence-corrected chi connectivity index (χ2v) is 4.94. The minimum absolute atomic E-state index is 0.259. The number of H-pyrrole nitrogens is 1. The first kappa shape index (κ1) is 11.6. The van der Waals surface area contributed by atoms with Crippen molar-refractivity contribution in [1.29, 1.82) is 0 Å². The number of aromatic nitrogens is 4. The van der Waals surface area contributed by atoms with E-state index in [1.54, 1.807) is 24.5 Å². The summed E-state index contributed by atoms with van der Waals surface area (Å²) in [5.74, 6) is 0. The van der Waals surface area contributed by atoms with Crippen molar-refractivity contribution in [2.45, 2.75) is 6.54 Å². The third-order valence-electron chi connectivity index (χ3n) is 2.64. The van der Waals surface area contributed by atoms with Gasteiger partial charge in [-0.1, -0.05) is 11.3 Å². The third kappa shape index (κ3) is 2.02. The van der Waals surface area contributed by atoms with Crippen LogP contribution in [0.25, 0.3) is 10.3 Å². The summed E-state index contributed by atoms with van der Waals surface area (Å²) in [5.41, 5.74) is 5.84. The summed E-state index contributed by atoms with van der Waals surface area (Å²) in [7, 11) is 0. The molecule has 3 rings (SSSR count). The van der Waals surface area contributed by atoms with Gasteiger partial charge in [-0.2, -0.15) is 0 Å². The van der Waals surface area contributed by atoms with Crippen LogP contribution in [0.15, 0.2) is 34.1 Å². The largest absolute Gasteiger partial charge is 0.375 e. The van der Waals surface area contributed by atoms with Gasteiger partial charge in [0.25, 0.3) is 5.56 Å². The standard InChI is InChI=1S/C11H9N5O2S/c12-10-14-8-7(19-10)9(17)15-11(18)16(8)5-6-1-3-13-4-2-6/h1-4H,5H2,(H2,12,14)(H,15,17,18). The number of aromatic amines is 1. The molecule has 0 aromatic carbocycles. The maximum absolute atomic E-state index is 11.9. The molecule has 8 heteroatoms. The predicted molar refractivity (Wildman–Crippen MR) is 72.3 cm³/mol. The minimum Gasteiger partial charge on any atom is -0.375 e. The minimum atomic E-state index is -0.500. The van der Waals surface area contributed by atoms with E-state index in [2.05, 4.69) is 15.0 Å². The Bertz CT molecular complexity index is 849. The Hall–Kier alpha value is -2.48. The molecule has 0 saturated carbocycles. The van der Waals surface area contributed by atoms with Gasteiger partial charge in [-0.3, -0.25) is 19.3 Å². The Morgan fingerprint density at radius 3 is 2.79 bits per heavy atom. The van der Waals surface area contributed by atoms with Crippen LogP contribution in [0.4, 0.5) is 5.13 Å². The zero-order chi connectivity index (χ0) is 13.4. The van der Waals surface area contributed by atoms with E-state index in [0.717, 1.165) is 16.9 Å². The van der Waals surface area contributed by atoms with Crippen molar-refractivity contribution < 1.29 is 0 Å². The summed E-state index contributed by atoms with van der Waals surface area (Å²) < 4.78 is 1.74. The van der Waals surface area contributed by atoms with E-state index in [4.69, 9.17) is 5.73 Å². The quantitative estimate of drug-likeness (QED) is 0.693. The second-order valence-electron chi connectivity index (χ2n) is 3.91. The van der Waals surface area contributed by atoms with Gasteiger partial charge in [0.1, 0.15) is 4.70 Å². The second kappa shape index (κ2) is 4.32.